The maximum absolute atomic E-state index is 8.29. The third-order valence-electron chi connectivity index (χ3n) is 1.86. The van der Waals surface area contributed by atoms with E-state index >= 15 is 0 Å². The van der Waals surface area contributed by atoms with Crippen LogP contribution in [0.2, 0.25) is 0 Å². The molecule has 0 aliphatic rings. The lowest BCUT2D eigenvalue weighted by atomic mass is 10.2. The maximum atomic E-state index is 8.29. The molecular formula is C10H16ClN3O. The molecule has 0 fully saturated rings. The molecule has 0 aromatic heterocycles. The molecule has 0 bridgehead atoms. The Morgan fingerprint density at radius 3 is 2.60 bits per heavy atom. The highest BCUT2D eigenvalue weighted by atomic mass is 35.5. The maximum Gasteiger partial charge on any atom is 0.140 e. The number of nitrogens with two attached hydrogens (primary N) is 1. The molecule has 15 heavy (non-hydrogen) atoms. The topological polar surface area (TPSA) is 70.6 Å². The Hall–Kier alpha value is -1.26. The molecule has 0 amide bonds. The molecule has 0 radical (unpaired) electrons. The number of nitrogens with zero attached hydrogens (tertiary/aromatic N) is 1. The average molecular weight is 230 g/mol. The number of hydrogen-bond donors (Lipinski definition) is 3. The Labute approximate surface area is 95.6 Å². The molecule has 1 aromatic carbocycles. The summed E-state index contributed by atoms with van der Waals surface area (Å²) in [6.45, 7) is 1.52. The first-order valence-electron chi connectivity index (χ1n) is 4.54. The molecule has 0 saturated heterocycles. The van der Waals surface area contributed by atoms with Gasteiger partial charge < -0.3 is 16.3 Å². The van der Waals surface area contributed by atoms with E-state index in [-0.39, 0.29) is 18.2 Å². The van der Waals surface area contributed by atoms with Crippen LogP contribution in [0.5, 0.6) is 0 Å². The summed E-state index contributed by atoms with van der Waals surface area (Å²) in [5.74, 6) is 0.255. The summed E-state index contributed by atoms with van der Waals surface area (Å²) in [7, 11) is 0. The second-order valence-corrected chi connectivity index (χ2v) is 3.00. The van der Waals surface area contributed by atoms with Gasteiger partial charge in [0.2, 0.25) is 0 Å². The Morgan fingerprint density at radius 1 is 1.33 bits per heavy atom. The van der Waals surface area contributed by atoms with E-state index in [1.165, 1.54) is 5.56 Å². The molecule has 0 unspecified atom stereocenters. The average Bonchev–Trinajstić information content (AvgIpc) is 2.25. The first-order valence-corrected chi connectivity index (χ1v) is 4.54. The van der Waals surface area contributed by atoms with Gasteiger partial charge in [0, 0.05) is 19.5 Å². The van der Waals surface area contributed by atoms with E-state index in [9.17, 15) is 0 Å². The van der Waals surface area contributed by atoms with Gasteiger partial charge in [0.05, 0.1) is 0 Å². The summed E-state index contributed by atoms with van der Waals surface area (Å²) in [5.41, 5.74) is 6.54. The number of oxime groups is 1. The number of amidine groups is 1. The van der Waals surface area contributed by atoms with E-state index in [4.69, 9.17) is 10.9 Å². The van der Waals surface area contributed by atoms with Gasteiger partial charge in [0.25, 0.3) is 0 Å². The van der Waals surface area contributed by atoms with Crippen molar-refractivity contribution in [3.63, 3.8) is 0 Å². The number of hydrogen-bond acceptors (Lipinski definition) is 3. The molecule has 0 heterocycles. The van der Waals surface area contributed by atoms with E-state index in [0.29, 0.717) is 13.0 Å². The molecule has 0 atom stereocenters. The van der Waals surface area contributed by atoms with Crippen LogP contribution in [0.15, 0.2) is 35.5 Å². The van der Waals surface area contributed by atoms with Crippen LogP contribution < -0.4 is 11.1 Å². The molecule has 0 saturated carbocycles. The van der Waals surface area contributed by atoms with Gasteiger partial charge in [0.1, 0.15) is 5.84 Å². The number of rotatable bonds is 5. The van der Waals surface area contributed by atoms with Crippen LogP contribution in [0.25, 0.3) is 0 Å². The molecule has 4 N–H and O–H groups in total. The molecule has 4 nitrogen and oxygen atoms in total. The van der Waals surface area contributed by atoms with Crippen LogP contribution in [0.3, 0.4) is 0 Å². The lowest BCUT2D eigenvalue weighted by Gasteiger charge is -2.03. The van der Waals surface area contributed by atoms with Crippen LogP contribution in [-0.2, 0) is 6.54 Å². The van der Waals surface area contributed by atoms with Crippen molar-refractivity contribution in [2.24, 2.45) is 10.9 Å². The Bertz CT molecular complexity index is 290. The molecule has 84 valence electrons. The minimum Gasteiger partial charge on any atom is -0.409 e. The minimum absolute atomic E-state index is 0. The zero-order valence-corrected chi connectivity index (χ0v) is 9.20. The van der Waals surface area contributed by atoms with Crippen molar-refractivity contribution < 1.29 is 5.21 Å². The van der Waals surface area contributed by atoms with Crippen molar-refractivity contribution in [3.8, 4) is 0 Å². The van der Waals surface area contributed by atoms with Crippen molar-refractivity contribution in [2.45, 2.75) is 13.0 Å². The second kappa shape index (κ2) is 8.08. The third-order valence-corrected chi connectivity index (χ3v) is 1.86. The summed E-state index contributed by atoms with van der Waals surface area (Å²) in [4.78, 5) is 0. The number of halogens is 1. The molecule has 0 aliphatic carbocycles. The van der Waals surface area contributed by atoms with Crippen LogP contribution in [0, 0.1) is 0 Å². The Kier molecular flexibility index (Phi) is 7.40. The first-order chi connectivity index (χ1) is 6.83. The van der Waals surface area contributed by atoms with Crippen LogP contribution in [-0.4, -0.2) is 17.6 Å². The standard InChI is InChI=1S/C10H15N3O.ClH/c11-10(13-14)6-7-12-8-9-4-2-1-3-5-9;/h1-5,12,14H,6-8H2,(H2,11,13);1H. The molecule has 1 aromatic rings. The van der Waals surface area contributed by atoms with Crippen LogP contribution >= 0.6 is 12.4 Å². The van der Waals surface area contributed by atoms with E-state index < -0.39 is 0 Å². The van der Waals surface area contributed by atoms with Crippen LogP contribution in [0.4, 0.5) is 0 Å². The summed E-state index contributed by atoms with van der Waals surface area (Å²) >= 11 is 0. The quantitative estimate of drug-likeness (QED) is 0.235. The molecular weight excluding hydrogens is 214 g/mol. The van der Waals surface area contributed by atoms with Crippen molar-refractivity contribution >= 4 is 18.2 Å². The third kappa shape index (κ3) is 5.93. The monoisotopic (exact) mass is 229 g/mol. The second-order valence-electron chi connectivity index (χ2n) is 3.00. The van der Waals surface area contributed by atoms with Gasteiger partial charge in [-0.15, -0.1) is 12.4 Å². The Balaban J connectivity index is 0.00000196. The summed E-state index contributed by atoms with van der Waals surface area (Å²) in [6, 6.07) is 10.1. The summed E-state index contributed by atoms with van der Waals surface area (Å²) in [5, 5.41) is 14.4. The van der Waals surface area contributed by atoms with Gasteiger partial charge in [-0.25, -0.2) is 0 Å². The van der Waals surface area contributed by atoms with Gasteiger partial charge in [-0.3, -0.25) is 0 Å². The molecule has 5 heteroatoms. The first kappa shape index (κ1) is 13.7. The fraction of sp³-hybridized carbons (Fsp3) is 0.300. The number of benzene rings is 1. The van der Waals surface area contributed by atoms with Crippen molar-refractivity contribution in [2.75, 3.05) is 6.54 Å². The highest BCUT2D eigenvalue weighted by Gasteiger charge is 1.93. The zero-order valence-electron chi connectivity index (χ0n) is 8.39. The van der Waals surface area contributed by atoms with Gasteiger partial charge in [-0.1, -0.05) is 35.5 Å². The highest BCUT2D eigenvalue weighted by Crippen LogP contribution is 1.96. The predicted octanol–water partition coefficient (Wildman–Crippen LogP) is 1.33. The van der Waals surface area contributed by atoms with E-state index in [2.05, 4.69) is 22.6 Å². The number of nitrogens with one attached hydrogen (secondary N) is 1. The van der Waals surface area contributed by atoms with Crippen molar-refractivity contribution in [1.82, 2.24) is 5.32 Å². The van der Waals surface area contributed by atoms with Crippen LogP contribution in [0.1, 0.15) is 12.0 Å². The lowest BCUT2D eigenvalue weighted by Crippen LogP contribution is -2.21. The Morgan fingerprint density at radius 2 is 2.00 bits per heavy atom. The molecule has 1 rings (SSSR count). The van der Waals surface area contributed by atoms with Crippen molar-refractivity contribution in [3.05, 3.63) is 35.9 Å². The van der Waals surface area contributed by atoms with Crippen molar-refractivity contribution in [1.29, 1.82) is 0 Å². The lowest BCUT2D eigenvalue weighted by molar-refractivity contribution is 0.316. The molecule has 0 spiro atoms. The van der Waals surface area contributed by atoms with E-state index in [1.807, 2.05) is 18.2 Å². The predicted molar refractivity (Wildman–Crippen MR) is 63.4 cm³/mol. The zero-order chi connectivity index (χ0) is 10.2. The molecule has 0 aliphatic heterocycles. The smallest absolute Gasteiger partial charge is 0.140 e. The van der Waals surface area contributed by atoms with E-state index in [0.717, 1.165) is 6.54 Å². The summed E-state index contributed by atoms with van der Waals surface area (Å²) < 4.78 is 0. The minimum atomic E-state index is 0. The van der Waals surface area contributed by atoms with Gasteiger partial charge in [-0.2, -0.15) is 0 Å². The van der Waals surface area contributed by atoms with Gasteiger partial charge >= 0.3 is 0 Å². The fourth-order valence-corrected chi connectivity index (χ4v) is 1.10. The van der Waals surface area contributed by atoms with Gasteiger partial charge in [0.15, 0.2) is 0 Å². The highest BCUT2D eigenvalue weighted by molar-refractivity contribution is 5.85. The van der Waals surface area contributed by atoms with E-state index in [1.54, 1.807) is 0 Å². The fourth-order valence-electron chi connectivity index (χ4n) is 1.10. The SMILES string of the molecule is Cl.N/C(CCNCc1ccccc1)=N\O. The van der Waals surface area contributed by atoms with Gasteiger partial charge in [-0.05, 0) is 5.56 Å². The largest absolute Gasteiger partial charge is 0.409 e. The normalized spacial score (nSPS) is 10.8. The summed E-state index contributed by atoms with van der Waals surface area (Å²) in [6.07, 6.45) is 0.559.